The molecule has 0 spiro atoms. The highest BCUT2D eigenvalue weighted by atomic mass is 32.9. The summed E-state index contributed by atoms with van der Waals surface area (Å²) in [5.41, 5.74) is 5.02. The molecule has 4 nitrogen and oxygen atoms in total. The minimum Gasteiger partial charge on any atom is -0.390 e. The Hall–Kier alpha value is 0.610. The number of rotatable bonds is 9. The molecule has 0 fully saturated rings. The van der Waals surface area contributed by atoms with Crippen molar-refractivity contribution in [1.82, 2.24) is 0 Å². The second-order valence-electron chi connectivity index (χ2n) is 1.98. The molecule has 0 aliphatic rings. The standard InChI is InChI=1S/C6H13N2O2PS3/c7-5-8-6-9-1-2-10-11(13)14-4-3-12/h5H,1-4,6H2,(H2-,7,8,12)/p+1. The van der Waals surface area contributed by atoms with Crippen LogP contribution in [0.25, 0.3) is 0 Å². The molecule has 2 N–H and O–H groups in total. The number of aliphatic imine (C=N–C) groups is 1. The molecule has 0 aromatic rings. The van der Waals surface area contributed by atoms with E-state index >= 15 is 0 Å². The Bertz CT molecular complexity index is 182. The second-order valence-corrected chi connectivity index (χ2v) is 7.26. The van der Waals surface area contributed by atoms with E-state index in [1.54, 1.807) is 11.4 Å². The maximum Gasteiger partial charge on any atom is 0.414 e. The van der Waals surface area contributed by atoms with Crippen molar-refractivity contribution in [2.24, 2.45) is 10.7 Å². The average Bonchev–Trinajstić information content (AvgIpc) is 2.20. The quantitative estimate of drug-likeness (QED) is 0.219. The zero-order valence-corrected chi connectivity index (χ0v) is 11.1. The third kappa shape index (κ3) is 10.7. The van der Waals surface area contributed by atoms with Gasteiger partial charge in [-0.05, 0) is 0 Å². The molecule has 8 heteroatoms. The fraction of sp³-hybridized carbons (Fsp3) is 0.833. The van der Waals surface area contributed by atoms with Gasteiger partial charge in [-0.1, -0.05) is 0 Å². The van der Waals surface area contributed by atoms with Crippen molar-refractivity contribution in [1.29, 1.82) is 0 Å². The van der Waals surface area contributed by atoms with Crippen molar-refractivity contribution in [2.45, 2.75) is 0 Å². The summed E-state index contributed by atoms with van der Waals surface area (Å²) in [7, 11) is 0. The van der Waals surface area contributed by atoms with E-state index in [-0.39, 0.29) is 6.73 Å². The van der Waals surface area contributed by atoms with Crippen LogP contribution in [0, 0.1) is 0 Å². The molecule has 0 bridgehead atoms. The largest absolute Gasteiger partial charge is 0.414 e. The molecule has 0 saturated heterocycles. The molecule has 0 heterocycles. The topological polar surface area (TPSA) is 56.8 Å². The maximum atomic E-state index is 5.32. The van der Waals surface area contributed by atoms with Crippen molar-refractivity contribution < 1.29 is 9.26 Å². The molecular formula is C6H14N2O2PS3+. The number of thiol groups is 1. The van der Waals surface area contributed by atoms with Crippen LogP contribution in [0.4, 0.5) is 0 Å². The van der Waals surface area contributed by atoms with Gasteiger partial charge in [0, 0.05) is 5.75 Å². The highest BCUT2D eigenvalue weighted by Gasteiger charge is 2.12. The minimum atomic E-state index is -0.803. The predicted molar refractivity (Wildman–Crippen MR) is 70.0 cm³/mol. The molecule has 0 rings (SSSR count). The van der Waals surface area contributed by atoms with Gasteiger partial charge in [0.15, 0.2) is 0 Å². The summed E-state index contributed by atoms with van der Waals surface area (Å²) in [5, 5.41) is 0. The van der Waals surface area contributed by atoms with E-state index in [0.29, 0.717) is 13.2 Å². The molecule has 0 saturated carbocycles. The monoisotopic (exact) mass is 273 g/mol. The molecule has 1 atom stereocenters. The van der Waals surface area contributed by atoms with Crippen LogP contribution in [-0.2, 0) is 21.1 Å². The van der Waals surface area contributed by atoms with Gasteiger partial charge in [-0.25, -0.2) is 4.99 Å². The second kappa shape index (κ2) is 11.7. The normalized spacial score (nSPS) is 12.2. The van der Waals surface area contributed by atoms with Crippen LogP contribution in [0.2, 0.25) is 0 Å². The Balaban J connectivity index is 3.14. The van der Waals surface area contributed by atoms with E-state index in [1.807, 2.05) is 0 Å². The van der Waals surface area contributed by atoms with Gasteiger partial charge in [0.25, 0.3) is 0 Å². The molecule has 0 aliphatic heterocycles. The van der Waals surface area contributed by atoms with E-state index in [9.17, 15) is 0 Å². The molecule has 0 aromatic heterocycles. The van der Waals surface area contributed by atoms with Crippen molar-refractivity contribution in [2.75, 3.05) is 31.5 Å². The molecule has 1 unspecified atom stereocenters. The molecule has 14 heavy (non-hydrogen) atoms. The lowest BCUT2D eigenvalue weighted by Crippen LogP contribution is -2.01. The number of ether oxygens (including phenoxy) is 1. The fourth-order valence-electron chi connectivity index (χ4n) is 0.484. The van der Waals surface area contributed by atoms with Gasteiger partial charge >= 0.3 is 6.13 Å². The van der Waals surface area contributed by atoms with Gasteiger partial charge < -0.3 is 10.5 Å². The van der Waals surface area contributed by atoms with Crippen molar-refractivity contribution >= 4 is 48.3 Å². The SMILES string of the molecule is NC=NCOCCO[P+](=S)SCCS. The molecule has 0 amide bonds. The highest BCUT2D eigenvalue weighted by Crippen LogP contribution is 2.38. The van der Waals surface area contributed by atoms with Crippen LogP contribution < -0.4 is 5.73 Å². The van der Waals surface area contributed by atoms with Gasteiger partial charge in [0.05, 0.1) is 18.7 Å². The minimum absolute atomic E-state index is 0.277. The third-order valence-electron chi connectivity index (χ3n) is 0.984. The summed E-state index contributed by atoms with van der Waals surface area (Å²) in [5.74, 6) is 1.75. The zero-order valence-electron chi connectivity index (χ0n) is 7.66. The van der Waals surface area contributed by atoms with Gasteiger partial charge in [0.2, 0.25) is 11.8 Å². The van der Waals surface area contributed by atoms with Gasteiger partial charge in [0.1, 0.15) is 24.7 Å². The lowest BCUT2D eigenvalue weighted by Gasteiger charge is -1.95. The Labute approximate surface area is 99.7 Å². The summed E-state index contributed by atoms with van der Waals surface area (Å²) < 4.78 is 10.4. The smallest absolute Gasteiger partial charge is 0.390 e. The predicted octanol–water partition coefficient (Wildman–Crippen LogP) is 1.40. The first-order valence-electron chi connectivity index (χ1n) is 3.93. The summed E-state index contributed by atoms with van der Waals surface area (Å²) >= 11 is 10.8. The van der Waals surface area contributed by atoms with Crippen LogP contribution >= 0.6 is 30.1 Å². The third-order valence-corrected chi connectivity index (χ3v) is 5.26. The fourth-order valence-corrected chi connectivity index (χ4v) is 3.78. The highest BCUT2D eigenvalue weighted by molar-refractivity contribution is 8.62. The summed E-state index contributed by atoms with van der Waals surface area (Å²) in [4.78, 5) is 3.68. The average molecular weight is 273 g/mol. The van der Waals surface area contributed by atoms with E-state index in [1.165, 1.54) is 6.34 Å². The molecule has 0 radical (unpaired) electrons. The Morgan fingerprint density at radius 2 is 2.36 bits per heavy atom. The van der Waals surface area contributed by atoms with E-state index in [4.69, 9.17) is 26.8 Å². The van der Waals surface area contributed by atoms with Gasteiger partial charge in [-0.3, -0.25) is 0 Å². The Morgan fingerprint density at radius 3 is 3.00 bits per heavy atom. The Kier molecular flexibility index (Phi) is 12.2. The maximum absolute atomic E-state index is 5.32. The first kappa shape index (κ1) is 14.6. The van der Waals surface area contributed by atoms with Crippen molar-refractivity contribution in [3.05, 3.63) is 0 Å². The van der Waals surface area contributed by atoms with Crippen molar-refractivity contribution in [3.8, 4) is 0 Å². The lowest BCUT2D eigenvalue weighted by molar-refractivity contribution is 0.113. The van der Waals surface area contributed by atoms with Crippen LogP contribution in [0.15, 0.2) is 4.99 Å². The zero-order chi connectivity index (χ0) is 10.6. The number of nitrogens with zero attached hydrogens (tertiary/aromatic N) is 1. The Morgan fingerprint density at radius 1 is 1.57 bits per heavy atom. The van der Waals surface area contributed by atoms with E-state index < -0.39 is 6.13 Å². The van der Waals surface area contributed by atoms with Gasteiger partial charge in [-0.15, -0.1) is 0 Å². The summed E-state index contributed by atoms with van der Waals surface area (Å²) in [6.07, 6.45) is 0.409. The number of hydrogen-bond donors (Lipinski definition) is 2. The van der Waals surface area contributed by atoms with E-state index in [2.05, 4.69) is 17.6 Å². The summed E-state index contributed by atoms with van der Waals surface area (Å²) in [6, 6.07) is 0. The van der Waals surface area contributed by atoms with Gasteiger partial charge in [-0.2, -0.15) is 17.2 Å². The van der Waals surface area contributed by atoms with Crippen LogP contribution in [0.5, 0.6) is 0 Å². The molecule has 0 aliphatic carbocycles. The molecule has 0 aromatic carbocycles. The molecule has 82 valence electrons. The lowest BCUT2D eigenvalue weighted by atomic mass is 10.8. The van der Waals surface area contributed by atoms with Crippen LogP contribution in [-0.4, -0.2) is 37.8 Å². The van der Waals surface area contributed by atoms with Crippen LogP contribution in [0.3, 0.4) is 0 Å². The number of hydrogen-bond acceptors (Lipinski definition) is 6. The molecular weight excluding hydrogens is 259 g/mol. The summed E-state index contributed by atoms with van der Waals surface area (Å²) in [6.45, 7) is 1.28. The first-order chi connectivity index (χ1) is 6.81. The first-order valence-corrected chi connectivity index (χ1v) is 8.42. The van der Waals surface area contributed by atoms with Crippen molar-refractivity contribution in [3.63, 3.8) is 0 Å². The number of nitrogens with two attached hydrogens (primary N) is 1. The van der Waals surface area contributed by atoms with Crippen LogP contribution in [0.1, 0.15) is 0 Å². The van der Waals surface area contributed by atoms with E-state index in [0.717, 1.165) is 11.5 Å².